The number of carbonyl (C=O) groups excluding carboxylic acids is 2. The number of nitrogens with zero attached hydrogens (tertiary/aromatic N) is 1. The number of hydrogen-bond acceptors (Lipinski definition) is 5. The van der Waals surface area contributed by atoms with Crippen LogP contribution in [0.2, 0.25) is 0 Å². The molecule has 2 bridgehead atoms. The van der Waals surface area contributed by atoms with Gasteiger partial charge in [-0.1, -0.05) is 12.2 Å². The van der Waals surface area contributed by atoms with Crippen molar-refractivity contribution in [2.24, 2.45) is 17.8 Å². The minimum atomic E-state index is -1.25. The third-order valence-corrected chi connectivity index (χ3v) is 4.71. The van der Waals surface area contributed by atoms with Gasteiger partial charge >= 0.3 is 17.7 Å². The Morgan fingerprint density at radius 2 is 2.00 bits per heavy atom. The van der Waals surface area contributed by atoms with Gasteiger partial charge in [0.15, 0.2) is 0 Å². The van der Waals surface area contributed by atoms with E-state index in [1.165, 1.54) is 0 Å². The lowest BCUT2D eigenvalue weighted by Gasteiger charge is -2.43. The van der Waals surface area contributed by atoms with E-state index < -0.39 is 41.0 Å². The van der Waals surface area contributed by atoms with E-state index in [9.17, 15) is 23.6 Å². The van der Waals surface area contributed by atoms with Crippen LogP contribution < -0.4 is 16.6 Å². The van der Waals surface area contributed by atoms with Crippen molar-refractivity contribution in [3.8, 4) is 0 Å². The minimum absolute atomic E-state index is 0.0570. The quantitative estimate of drug-likeness (QED) is 0.604. The van der Waals surface area contributed by atoms with Crippen LogP contribution in [0.3, 0.4) is 0 Å². The molecule has 4 rings (SSSR count). The zero-order valence-electron chi connectivity index (χ0n) is 13.5. The molecule has 3 aliphatic rings. The number of nitrogens with one attached hydrogen (secondary N) is 2. The summed E-state index contributed by atoms with van der Waals surface area (Å²) in [6.45, 7) is 1.92. The molecule has 0 aliphatic heterocycles. The molecule has 1 aromatic rings. The number of rotatable bonds is 3. The number of ether oxygens (including phenoxy) is 1. The van der Waals surface area contributed by atoms with Gasteiger partial charge in [0, 0.05) is 0 Å². The first kappa shape index (κ1) is 17.1. The van der Waals surface area contributed by atoms with Crippen molar-refractivity contribution >= 4 is 12.0 Å². The van der Waals surface area contributed by atoms with Crippen LogP contribution in [0.25, 0.3) is 0 Å². The van der Waals surface area contributed by atoms with E-state index in [1.54, 1.807) is 11.9 Å². The summed E-state index contributed by atoms with van der Waals surface area (Å²) < 4.78 is 18.9. The highest BCUT2D eigenvalue weighted by Gasteiger charge is 2.46. The van der Waals surface area contributed by atoms with E-state index in [0.29, 0.717) is 10.8 Å². The molecule has 2 N–H and O–H groups in total. The molecule has 0 saturated heterocycles. The summed E-state index contributed by atoms with van der Waals surface area (Å²) in [5, 5.41) is 2.63. The van der Waals surface area contributed by atoms with E-state index in [1.807, 2.05) is 12.2 Å². The van der Waals surface area contributed by atoms with Crippen LogP contribution in [0.5, 0.6) is 0 Å². The summed E-state index contributed by atoms with van der Waals surface area (Å²) >= 11 is 0. The van der Waals surface area contributed by atoms with Gasteiger partial charge in [-0.15, -0.1) is 0 Å². The number of aromatic nitrogens is 2. The molecule has 9 heteroatoms. The van der Waals surface area contributed by atoms with Crippen molar-refractivity contribution < 1.29 is 18.7 Å². The van der Waals surface area contributed by atoms with Crippen molar-refractivity contribution in [1.82, 2.24) is 14.9 Å². The second-order valence-corrected chi connectivity index (χ2v) is 6.15. The normalized spacial score (nSPS) is 27.1. The van der Waals surface area contributed by atoms with Gasteiger partial charge < -0.3 is 10.1 Å². The van der Waals surface area contributed by atoms with Crippen molar-refractivity contribution in [3.05, 3.63) is 45.0 Å². The third-order valence-electron chi connectivity index (χ3n) is 4.71. The fourth-order valence-electron chi connectivity index (χ4n) is 3.56. The Labute approximate surface area is 141 Å². The molecule has 134 valence electrons. The van der Waals surface area contributed by atoms with Crippen molar-refractivity contribution in [2.75, 3.05) is 6.61 Å². The maximum absolute atomic E-state index is 13.4. The number of amides is 1. The summed E-state index contributed by atoms with van der Waals surface area (Å²) in [5.41, 5.74) is -2.24. The van der Waals surface area contributed by atoms with Crippen molar-refractivity contribution in [2.45, 2.75) is 25.8 Å². The van der Waals surface area contributed by atoms with Crippen LogP contribution in [0.15, 0.2) is 27.9 Å². The highest BCUT2D eigenvalue weighted by molar-refractivity contribution is 5.79. The van der Waals surface area contributed by atoms with Gasteiger partial charge in [-0.25, -0.2) is 14.2 Å². The number of hydrogen-bond donors (Lipinski definition) is 2. The molecular formula is C16H18FN3O5. The first-order valence-electron chi connectivity index (χ1n) is 8.09. The number of esters is 1. The third kappa shape index (κ3) is 3.13. The number of aromatic amines is 1. The molecular weight excluding hydrogens is 333 g/mol. The summed E-state index contributed by atoms with van der Waals surface area (Å²) in [7, 11) is 0. The van der Waals surface area contributed by atoms with Crippen LogP contribution in [0, 0.1) is 23.6 Å². The Kier molecular flexibility index (Phi) is 4.56. The Hall–Kier alpha value is -2.71. The minimum Gasteiger partial charge on any atom is -0.466 e. The van der Waals surface area contributed by atoms with Gasteiger partial charge in [0.25, 0.3) is 5.56 Å². The largest absolute Gasteiger partial charge is 0.466 e. The Morgan fingerprint density at radius 1 is 1.32 bits per heavy atom. The SMILES string of the molecule is CCOC(=O)C1C2C=CC(CC2)C1NC(=O)n1cc(F)c(=O)[nH]c1=O. The molecule has 0 radical (unpaired) electrons. The van der Waals surface area contributed by atoms with Crippen LogP contribution in [0.4, 0.5) is 9.18 Å². The summed E-state index contributed by atoms with van der Waals surface area (Å²) in [6, 6.07) is -1.46. The molecule has 3 aliphatic carbocycles. The van der Waals surface area contributed by atoms with Crippen LogP contribution in [-0.2, 0) is 9.53 Å². The molecule has 4 unspecified atom stereocenters. The topological polar surface area (TPSA) is 110 Å². The summed E-state index contributed by atoms with van der Waals surface area (Å²) in [6.07, 6.45) is 6.02. The van der Waals surface area contributed by atoms with Crippen molar-refractivity contribution in [3.63, 3.8) is 0 Å². The molecule has 1 saturated carbocycles. The first-order valence-corrected chi connectivity index (χ1v) is 8.09. The average Bonchev–Trinajstić information content (AvgIpc) is 2.59. The van der Waals surface area contributed by atoms with Gasteiger partial charge in [-0.05, 0) is 31.6 Å². The van der Waals surface area contributed by atoms with E-state index in [2.05, 4.69) is 5.32 Å². The molecule has 1 fully saturated rings. The molecule has 1 heterocycles. The smallest absolute Gasteiger partial charge is 0.336 e. The van der Waals surface area contributed by atoms with E-state index in [4.69, 9.17) is 4.74 Å². The van der Waals surface area contributed by atoms with Gasteiger partial charge in [0.05, 0.1) is 24.8 Å². The van der Waals surface area contributed by atoms with Gasteiger partial charge in [-0.2, -0.15) is 4.39 Å². The molecule has 1 amide bonds. The fourth-order valence-corrected chi connectivity index (χ4v) is 3.56. The van der Waals surface area contributed by atoms with Gasteiger partial charge in [0.1, 0.15) is 0 Å². The monoisotopic (exact) mass is 351 g/mol. The highest BCUT2D eigenvalue weighted by Crippen LogP contribution is 2.41. The standard InChI is InChI=1S/C16H18FN3O5/c1-2-25-14(22)11-8-3-5-9(6-4-8)12(11)18-15(23)20-7-10(17)13(21)19-16(20)24/h3,5,7-9,11-12H,2,4,6H2,1H3,(H,18,23)(H,19,21,24). The Balaban J connectivity index is 1.87. The number of H-pyrrole nitrogens is 1. The van der Waals surface area contributed by atoms with Crippen LogP contribution in [-0.4, -0.2) is 34.2 Å². The first-order chi connectivity index (χ1) is 11.9. The second-order valence-electron chi connectivity index (χ2n) is 6.15. The predicted molar refractivity (Wildman–Crippen MR) is 84.5 cm³/mol. The highest BCUT2D eigenvalue weighted by atomic mass is 19.1. The Morgan fingerprint density at radius 3 is 2.64 bits per heavy atom. The van der Waals surface area contributed by atoms with Crippen LogP contribution >= 0.6 is 0 Å². The number of carbonyl (C=O) groups is 2. The lowest BCUT2D eigenvalue weighted by molar-refractivity contribution is -0.152. The molecule has 25 heavy (non-hydrogen) atoms. The zero-order chi connectivity index (χ0) is 18.1. The Bertz CT molecular complexity index is 843. The van der Waals surface area contributed by atoms with Gasteiger partial charge in [0.2, 0.25) is 5.82 Å². The number of fused-ring (bicyclic) bond motifs is 2. The average molecular weight is 351 g/mol. The molecule has 8 nitrogen and oxygen atoms in total. The van der Waals surface area contributed by atoms with Crippen molar-refractivity contribution in [1.29, 1.82) is 0 Å². The maximum Gasteiger partial charge on any atom is 0.336 e. The molecule has 0 aromatic carbocycles. The predicted octanol–water partition coefficient (Wildman–Crippen LogP) is 0.377. The van der Waals surface area contributed by atoms with Gasteiger partial charge in [-0.3, -0.25) is 14.6 Å². The lowest BCUT2D eigenvalue weighted by atomic mass is 9.66. The zero-order valence-corrected chi connectivity index (χ0v) is 13.5. The molecule has 1 aromatic heterocycles. The lowest BCUT2D eigenvalue weighted by Crippen LogP contribution is -2.56. The molecule has 0 spiro atoms. The summed E-state index contributed by atoms with van der Waals surface area (Å²) in [4.78, 5) is 49.2. The number of halogens is 1. The molecule has 4 atom stereocenters. The number of allylic oxidation sites excluding steroid dienone is 1. The van der Waals surface area contributed by atoms with E-state index in [-0.39, 0.29) is 18.4 Å². The van der Waals surface area contributed by atoms with E-state index >= 15 is 0 Å². The summed E-state index contributed by atoms with van der Waals surface area (Å²) in [5.74, 6) is -2.35. The van der Waals surface area contributed by atoms with Crippen LogP contribution in [0.1, 0.15) is 19.8 Å². The maximum atomic E-state index is 13.4. The second kappa shape index (κ2) is 6.66. The fraction of sp³-hybridized carbons (Fsp3) is 0.500. The van der Waals surface area contributed by atoms with E-state index in [0.717, 1.165) is 12.8 Å².